The Bertz CT molecular complexity index is 737. The van der Waals surface area contributed by atoms with Crippen molar-refractivity contribution in [3.05, 3.63) is 59.2 Å². The second-order valence-electron chi connectivity index (χ2n) is 5.21. The van der Waals surface area contributed by atoms with Gasteiger partial charge < -0.3 is 0 Å². The molecule has 0 amide bonds. The van der Waals surface area contributed by atoms with E-state index in [4.69, 9.17) is 0 Å². The summed E-state index contributed by atoms with van der Waals surface area (Å²) in [5, 5.41) is 0. The van der Waals surface area contributed by atoms with Crippen LogP contribution in [-0.4, -0.2) is 15.0 Å². The first-order chi connectivity index (χ1) is 9.87. The first kappa shape index (κ1) is 15.6. The lowest BCUT2D eigenvalue weighted by molar-refractivity contribution is 0.591. The third-order valence-electron chi connectivity index (χ3n) is 3.69. The van der Waals surface area contributed by atoms with Crippen molar-refractivity contribution < 1.29 is 8.42 Å². The fourth-order valence-electron chi connectivity index (χ4n) is 2.42. The van der Waals surface area contributed by atoms with Gasteiger partial charge >= 0.3 is 0 Å². The predicted octanol–water partition coefficient (Wildman–Crippen LogP) is 3.83. The van der Waals surface area contributed by atoms with Gasteiger partial charge in [0.25, 0.3) is 10.0 Å². The van der Waals surface area contributed by atoms with E-state index < -0.39 is 10.0 Å². The molecule has 0 aliphatic carbocycles. The van der Waals surface area contributed by atoms with E-state index in [9.17, 15) is 8.42 Å². The standard InChI is InChI=1S/C17H21NO2S/c1-5-18(16-9-7-6-8-10-16)21(19,20)17-12-14(3)13(2)11-15(17)4/h6-12H,5H2,1-4H3. The molecular formula is C17H21NO2S. The Kier molecular flexibility index (Phi) is 4.37. The lowest BCUT2D eigenvalue weighted by atomic mass is 10.1. The van der Waals surface area contributed by atoms with Crippen LogP contribution >= 0.6 is 0 Å². The van der Waals surface area contributed by atoms with E-state index in [0.29, 0.717) is 17.1 Å². The Morgan fingerprint density at radius 3 is 2.05 bits per heavy atom. The predicted molar refractivity (Wildman–Crippen MR) is 87.3 cm³/mol. The number of hydrogen-bond donors (Lipinski definition) is 0. The van der Waals surface area contributed by atoms with Gasteiger partial charge in [-0.05, 0) is 62.6 Å². The maximum Gasteiger partial charge on any atom is 0.264 e. The summed E-state index contributed by atoms with van der Waals surface area (Å²) in [6.07, 6.45) is 0. The molecule has 0 aliphatic heterocycles. The van der Waals surface area contributed by atoms with E-state index in [-0.39, 0.29) is 0 Å². The number of hydrogen-bond acceptors (Lipinski definition) is 2. The molecule has 112 valence electrons. The van der Waals surface area contributed by atoms with Crippen LogP contribution < -0.4 is 4.31 Å². The molecule has 21 heavy (non-hydrogen) atoms. The third-order valence-corrected chi connectivity index (χ3v) is 5.74. The number of anilines is 1. The van der Waals surface area contributed by atoms with Crippen molar-refractivity contribution in [2.45, 2.75) is 32.6 Å². The molecule has 0 aromatic heterocycles. The number of para-hydroxylation sites is 1. The summed E-state index contributed by atoms with van der Waals surface area (Å²) in [4.78, 5) is 0.385. The second kappa shape index (κ2) is 5.90. The van der Waals surface area contributed by atoms with Crippen LogP contribution in [0.25, 0.3) is 0 Å². The molecule has 0 N–H and O–H groups in total. The zero-order valence-corrected chi connectivity index (χ0v) is 13.7. The third kappa shape index (κ3) is 2.95. The Morgan fingerprint density at radius 2 is 1.48 bits per heavy atom. The van der Waals surface area contributed by atoms with Crippen molar-refractivity contribution in [2.75, 3.05) is 10.8 Å². The molecule has 0 aliphatic rings. The number of benzene rings is 2. The van der Waals surface area contributed by atoms with Gasteiger partial charge in [-0.3, -0.25) is 4.31 Å². The summed E-state index contributed by atoms with van der Waals surface area (Å²) in [7, 11) is -3.54. The summed E-state index contributed by atoms with van der Waals surface area (Å²) in [6, 6.07) is 12.9. The minimum atomic E-state index is -3.54. The Hall–Kier alpha value is -1.81. The van der Waals surface area contributed by atoms with Gasteiger partial charge in [-0.25, -0.2) is 8.42 Å². The molecule has 0 saturated heterocycles. The van der Waals surface area contributed by atoms with Crippen LogP contribution in [-0.2, 0) is 10.0 Å². The zero-order chi connectivity index (χ0) is 15.6. The first-order valence-corrected chi connectivity index (χ1v) is 8.47. The maximum atomic E-state index is 13.0. The minimum absolute atomic E-state index is 0.385. The van der Waals surface area contributed by atoms with Gasteiger partial charge in [0, 0.05) is 6.54 Å². The molecule has 2 aromatic rings. The summed E-state index contributed by atoms with van der Waals surface area (Å²) in [6.45, 7) is 8.03. The molecule has 0 radical (unpaired) electrons. The van der Waals surface area contributed by atoms with Gasteiger partial charge in [0.2, 0.25) is 0 Å². The Morgan fingerprint density at radius 1 is 0.905 bits per heavy atom. The van der Waals surface area contributed by atoms with Gasteiger partial charge in [-0.15, -0.1) is 0 Å². The number of sulfonamides is 1. The van der Waals surface area contributed by atoms with Crippen molar-refractivity contribution in [3.8, 4) is 0 Å². The van der Waals surface area contributed by atoms with Gasteiger partial charge in [-0.1, -0.05) is 24.3 Å². The van der Waals surface area contributed by atoms with Crippen molar-refractivity contribution in [3.63, 3.8) is 0 Å². The van der Waals surface area contributed by atoms with E-state index in [0.717, 1.165) is 16.7 Å². The van der Waals surface area contributed by atoms with Crippen LogP contribution in [0.1, 0.15) is 23.6 Å². The molecule has 4 heteroatoms. The lowest BCUT2D eigenvalue weighted by Gasteiger charge is -2.24. The van der Waals surface area contributed by atoms with E-state index in [1.807, 2.05) is 64.1 Å². The van der Waals surface area contributed by atoms with Crippen LogP contribution in [0.5, 0.6) is 0 Å². The SMILES string of the molecule is CCN(c1ccccc1)S(=O)(=O)c1cc(C)c(C)cc1C. The van der Waals surface area contributed by atoms with E-state index in [2.05, 4.69) is 0 Å². The molecule has 0 bridgehead atoms. The van der Waals surface area contributed by atoms with Crippen molar-refractivity contribution in [1.82, 2.24) is 0 Å². The number of aryl methyl sites for hydroxylation is 3. The van der Waals surface area contributed by atoms with E-state index in [1.165, 1.54) is 4.31 Å². The highest BCUT2D eigenvalue weighted by Crippen LogP contribution is 2.27. The van der Waals surface area contributed by atoms with E-state index >= 15 is 0 Å². The maximum absolute atomic E-state index is 13.0. The highest BCUT2D eigenvalue weighted by molar-refractivity contribution is 7.92. The second-order valence-corrected chi connectivity index (χ2v) is 7.04. The molecule has 2 aromatic carbocycles. The molecule has 3 nitrogen and oxygen atoms in total. The summed E-state index contributed by atoms with van der Waals surface area (Å²) in [5.74, 6) is 0. The average molecular weight is 303 g/mol. The summed E-state index contributed by atoms with van der Waals surface area (Å²) < 4.78 is 27.4. The van der Waals surface area contributed by atoms with E-state index in [1.54, 1.807) is 6.07 Å². The number of rotatable bonds is 4. The Labute approximate surface area is 127 Å². The molecule has 0 unspecified atom stereocenters. The molecule has 0 fully saturated rings. The smallest absolute Gasteiger partial charge is 0.264 e. The molecular weight excluding hydrogens is 282 g/mol. The summed E-state index contributed by atoms with van der Waals surface area (Å²) in [5.41, 5.74) is 3.57. The van der Waals surface area contributed by atoms with Crippen LogP contribution in [0.15, 0.2) is 47.4 Å². The van der Waals surface area contributed by atoms with Crippen LogP contribution in [0, 0.1) is 20.8 Å². The van der Waals surface area contributed by atoms with Crippen LogP contribution in [0.2, 0.25) is 0 Å². The average Bonchev–Trinajstić information content (AvgIpc) is 2.44. The minimum Gasteiger partial charge on any atom is -0.267 e. The van der Waals surface area contributed by atoms with Crippen LogP contribution in [0.4, 0.5) is 5.69 Å². The monoisotopic (exact) mass is 303 g/mol. The fourth-order valence-corrected chi connectivity index (χ4v) is 4.18. The molecule has 0 spiro atoms. The topological polar surface area (TPSA) is 37.4 Å². The van der Waals surface area contributed by atoms with Gasteiger partial charge in [0.1, 0.15) is 0 Å². The number of nitrogens with zero attached hydrogens (tertiary/aromatic N) is 1. The largest absolute Gasteiger partial charge is 0.267 e. The first-order valence-electron chi connectivity index (χ1n) is 7.03. The highest BCUT2D eigenvalue weighted by Gasteiger charge is 2.25. The molecule has 2 rings (SSSR count). The summed E-state index contributed by atoms with van der Waals surface area (Å²) >= 11 is 0. The highest BCUT2D eigenvalue weighted by atomic mass is 32.2. The molecule has 0 saturated carbocycles. The van der Waals surface area contributed by atoms with Crippen LogP contribution in [0.3, 0.4) is 0 Å². The van der Waals surface area contributed by atoms with Gasteiger partial charge in [-0.2, -0.15) is 0 Å². The Balaban J connectivity index is 2.58. The molecule has 0 heterocycles. The zero-order valence-electron chi connectivity index (χ0n) is 12.9. The normalized spacial score (nSPS) is 11.4. The quantitative estimate of drug-likeness (QED) is 0.861. The van der Waals surface area contributed by atoms with Crippen molar-refractivity contribution in [1.29, 1.82) is 0 Å². The molecule has 0 atom stereocenters. The van der Waals surface area contributed by atoms with Gasteiger partial charge in [0.05, 0.1) is 10.6 Å². The van der Waals surface area contributed by atoms with Gasteiger partial charge in [0.15, 0.2) is 0 Å². The van der Waals surface area contributed by atoms with Crippen molar-refractivity contribution in [2.24, 2.45) is 0 Å². The van der Waals surface area contributed by atoms with Crippen molar-refractivity contribution >= 4 is 15.7 Å². The lowest BCUT2D eigenvalue weighted by Crippen LogP contribution is -2.31. The fraction of sp³-hybridized carbons (Fsp3) is 0.294.